The monoisotopic (exact) mass is 321 g/mol. The molecule has 0 spiro atoms. The summed E-state index contributed by atoms with van der Waals surface area (Å²) in [6, 6.07) is 14.2. The van der Waals surface area contributed by atoms with Gasteiger partial charge in [-0.1, -0.05) is 36.4 Å². The maximum atomic E-state index is 9.29. The molecule has 0 aliphatic rings. The zero-order valence-electron chi connectivity index (χ0n) is 12.4. The van der Waals surface area contributed by atoms with Crippen molar-refractivity contribution in [3.8, 4) is 0 Å². The summed E-state index contributed by atoms with van der Waals surface area (Å²) in [5.74, 6) is 0.787. The predicted octanol–water partition coefficient (Wildman–Crippen LogP) is 2.84. The second kappa shape index (κ2) is 6.67. The Morgan fingerprint density at radius 1 is 1.05 bits per heavy atom. The quantitative estimate of drug-likeness (QED) is 0.676. The summed E-state index contributed by atoms with van der Waals surface area (Å²) in [6.07, 6.45) is 0. The minimum atomic E-state index is -0.707. The second-order valence-corrected chi connectivity index (χ2v) is 5.65. The molecule has 0 radical (unpaired) electrons. The fourth-order valence-corrected chi connectivity index (χ4v) is 2.37. The van der Waals surface area contributed by atoms with E-state index in [1.807, 2.05) is 30.3 Å². The van der Waals surface area contributed by atoms with Crippen LogP contribution in [0.1, 0.15) is 12.7 Å². The molecule has 1 aromatic heterocycles. The molecule has 1 heterocycles. The zero-order valence-corrected chi connectivity index (χ0v) is 13.2. The topological polar surface area (TPSA) is 65.6 Å². The SMILES string of the molecule is CC(CO)(CO)NCc1cc2ccc3ccccc3c2o1.Cl. The van der Waals surface area contributed by atoms with Gasteiger partial charge in [0.25, 0.3) is 0 Å². The molecule has 3 aromatic rings. The number of hydrogen-bond acceptors (Lipinski definition) is 4. The van der Waals surface area contributed by atoms with E-state index in [-0.39, 0.29) is 25.6 Å². The van der Waals surface area contributed by atoms with Crippen LogP contribution in [0, 0.1) is 0 Å². The zero-order chi connectivity index (χ0) is 14.9. The molecule has 0 fully saturated rings. The van der Waals surface area contributed by atoms with E-state index in [0.29, 0.717) is 6.54 Å². The molecule has 0 atom stereocenters. The molecule has 2 aromatic carbocycles. The van der Waals surface area contributed by atoms with Crippen LogP contribution in [0.15, 0.2) is 46.9 Å². The van der Waals surface area contributed by atoms with E-state index in [2.05, 4.69) is 17.4 Å². The molecular weight excluding hydrogens is 302 g/mol. The van der Waals surface area contributed by atoms with Gasteiger partial charge in [0.1, 0.15) is 11.3 Å². The Morgan fingerprint density at radius 2 is 1.73 bits per heavy atom. The summed E-state index contributed by atoms with van der Waals surface area (Å²) in [7, 11) is 0. The largest absolute Gasteiger partial charge is 0.459 e. The van der Waals surface area contributed by atoms with Gasteiger partial charge in [-0.15, -0.1) is 12.4 Å². The van der Waals surface area contributed by atoms with E-state index in [9.17, 15) is 10.2 Å². The fourth-order valence-electron chi connectivity index (χ4n) is 2.37. The Morgan fingerprint density at radius 3 is 2.45 bits per heavy atom. The van der Waals surface area contributed by atoms with Crippen molar-refractivity contribution in [1.82, 2.24) is 5.32 Å². The molecule has 0 unspecified atom stereocenters. The first kappa shape index (κ1) is 16.8. The van der Waals surface area contributed by atoms with Gasteiger partial charge in [0, 0.05) is 10.8 Å². The molecule has 4 nitrogen and oxygen atoms in total. The highest BCUT2D eigenvalue weighted by Gasteiger charge is 2.21. The minimum absolute atomic E-state index is 0. The highest BCUT2D eigenvalue weighted by Crippen LogP contribution is 2.28. The van der Waals surface area contributed by atoms with Crippen LogP contribution in [0.5, 0.6) is 0 Å². The van der Waals surface area contributed by atoms with Crippen LogP contribution in [0.3, 0.4) is 0 Å². The third-order valence-corrected chi connectivity index (χ3v) is 3.85. The van der Waals surface area contributed by atoms with Crippen LogP contribution < -0.4 is 5.32 Å². The molecule has 3 N–H and O–H groups in total. The maximum Gasteiger partial charge on any atom is 0.142 e. The Balaban J connectivity index is 0.00000176. The number of furan rings is 1. The summed E-state index contributed by atoms with van der Waals surface area (Å²) in [4.78, 5) is 0. The molecule has 0 saturated carbocycles. The van der Waals surface area contributed by atoms with Crippen molar-refractivity contribution in [2.75, 3.05) is 13.2 Å². The van der Waals surface area contributed by atoms with Gasteiger partial charge in [0.05, 0.1) is 25.3 Å². The number of aliphatic hydroxyl groups excluding tert-OH is 2. The summed E-state index contributed by atoms with van der Waals surface area (Å²) in [5.41, 5.74) is 0.167. The number of hydrogen-bond donors (Lipinski definition) is 3. The third kappa shape index (κ3) is 3.10. The second-order valence-electron chi connectivity index (χ2n) is 5.65. The Kier molecular flexibility index (Phi) is 5.08. The average molecular weight is 322 g/mol. The molecule has 22 heavy (non-hydrogen) atoms. The average Bonchev–Trinajstić information content (AvgIpc) is 2.96. The van der Waals surface area contributed by atoms with Gasteiger partial charge < -0.3 is 19.9 Å². The smallest absolute Gasteiger partial charge is 0.142 e. The van der Waals surface area contributed by atoms with Crippen molar-refractivity contribution in [1.29, 1.82) is 0 Å². The number of nitrogens with one attached hydrogen (secondary N) is 1. The highest BCUT2D eigenvalue weighted by molar-refractivity contribution is 6.04. The van der Waals surface area contributed by atoms with Crippen molar-refractivity contribution in [2.24, 2.45) is 0 Å². The van der Waals surface area contributed by atoms with Crippen molar-refractivity contribution in [2.45, 2.75) is 19.0 Å². The van der Waals surface area contributed by atoms with E-state index < -0.39 is 5.54 Å². The summed E-state index contributed by atoms with van der Waals surface area (Å²) in [6.45, 7) is 1.96. The fraction of sp³-hybridized carbons (Fsp3) is 0.294. The van der Waals surface area contributed by atoms with Gasteiger partial charge in [-0.05, 0) is 18.4 Å². The van der Waals surface area contributed by atoms with E-state index in [1.54, 1.807) is 6.92 Å². The first-order valence-corrected chi connectivity index (χ1v) is 7.02. The van der Waals surface area contributed by atoms with Crippen molar-refractivity contribution >= 4 is 34.1 Å². The third-order valence-electron chi connectivity index (χ3n) is 3.85. The predicted molar refractivity (Wildman–Crippen MR) is 90.4 cm³/mol. The summed E-state index contributed by atoms with van der Waals surface area (Å²) >= 11 is 0. The lowest BCUT2D eigenvalue weighted by Crippen LogP contribution is -2.48. The summed E-state index contributed by atoms with van der Waals surface area (Å²) in [5, 5.41) is 25.0. The van der Waals surface area contributed by atoms with Crippen LogP contribution in [-0.2, 0) is 6.54 Å². The highest BCUT2D eigenvalue weighted by atomic mass is 35.5. The number of rotatable bonds is 5. The van der Waals surface area contributed by atoms with Gasteiger partial charge in [-0.3, -0.25) is 0 Å². The van der Waals surface area contributed by atoms with Crippen molar-refractivity contribution < 1.29 is 14.6 Å². The normalized spacial score (nSPS) is 11.8. The first-order valence-electron chi connectivity index (χ1n) is 7.02. The molecule has 0 amide bonds. The van der Waals surface area contributed by atoms with Crippen molar-refractivity contribution in [3.05, 3.63) is 48.2 Å². The van der Waals surface area contributed by atoms with Crippen LogP contribution >= 0.6 is 12.4 Å². The Hall–Kier alpha value is -1.59. The maximum absolute atomic E-state index is 9.29. The number of aliphatic hydroxyl groups is 2. The van der Waals surface area contributed by atoms with Gasteiger partial charge in [-0.2, -0.15) is 0 Å². The molecule has 0 aliphatic carbocycles. The standard InChI is InChI=1S/C17H19NO3.ClH/c1-17(10-19,11-20)18-9-14-8-13-7-6-12-4-2-3-5-15(12)16(13)21-14;/h2-8,18-20H,9-11H2,1H3;1H. The molecule has 0 saturated heterocycles. The van der Waals surface area contributed by atoms with Gasteiger partial charge in [0.15, 0.2) is 0 Å². The molecule has 0 aliphatic heterocycles. The number of benzene rings is 2. The summed E-state index contributed by atoms with van der Waals surface area (Å²) < 4.78 is 5.94. The molecule has 118 valence electrons. The van der Waals surface area contributed by atoms with E-state index in [4.69, 9.17) is 4.42 Å². The Labute approximate surface area is 135 Å². The van der Waals surface area contributed by atoms with Crippen molar-refractivity contribution in [3.63, 3.8) is 0 Å². The minimum Gasteiger partial charge on any atom is -0.459 e. The first-order chi connectivity index (χ1) is 10.1. The number of fused-ring (bicyclic) bond motifs is 3. The van der Waals surface area contributed by atoms with Crippen LogP contribution in [0.4, 0.5) is 0 Å². The van der Waals surface area contributed by atoms with E-state index in [1.165, 1.54) is 0 Å². The van der Waals surface area contributed by atoms with Crippen LogP contribution in [0.2, 0.25) is 0 Å². The van der Waals surface area contributed by atoms with Gasteiger partial charge in [0.2, 0.25) is 0 Å². The van der Waals surface area contributed by atoms with Gasteiger partial charge >= 0.3 is 0 Å². The van der Waals surface area contributed by atoms with Gasteiger partial charge in [-0.25, -0.2) is 0 Å². The van der Waals surface area contributed by atoms with Crippen LogP contribution in [-0.4, -0.2) is 29.0 Å². The molecule has 3 rings (SSSR count). The number of halogens is 1. The van der Waals surface area contributed by atoms with E-state index in [0.717, 1.165) is 27.5 Å². The lowest BCUT2D eigenvalue weighted by molar-refractivity contribution is 0.101. The van der Waals surface area contributed by atoms with Crippen LogP contribution in [0.25, 0.3) is 21.7 Å². The lowest BCUT2D eigenvalue weighted by Gasteiger charge is -2.25. The molecule has 0 bridgehead atoms. The molecular formula is C17H20ClNO3. The molecule has 5 heteroatoms. The Bertz CT molecular complexity index is 765. The lowest BCUT2D eigenvalue weighted by atomic mass is 10.1. The van der Waals surface area contributed by atoms with E-state index >= 15 is 0 Å².